The lowest BCUT2D eigenvalue weighted by atomic mass is 9.97. The lowest BCUT2D eigenvalue weighted by Gasteiger charge is -2.33. The number of alkyl halides is 1. The highest BCUT2D eigenvalue weighted by molar-refractivity contribution is 8.09. The second-order valence-electron chi connectivity index (χ2n) is 10.4. The van der Waals surface area contributed by atoms with E-state index in [2.05, 4.69) is 30.8 Å². The van der Waals surface area contributed by atoms with Crippen LogP contribution in [0.15, 0.2) is 29.7 Å². The number of imidazole rings is 1. The molecule has 2 aliphatic rings. The van der Waals surface area contributed by atoms with E-state index in [1.165, 1.54) is 17.1 Å². The van der Waals surface area contributed by atoms with Crippen molar-refractivity contribution in [3.05, 3.63) is 35.3 Å². The molecule has 6 heterocycles. The van der Waals surface area contributed by atoms with Crippen LogP contribution in [0, 0.1) is 12.3 Å². The van der Waals surface area contributed by atoms with Crippen LogP contribution in [-0.4, -0.2) is 103 Å². The largest absolute Gasteiger partial charge is 0.394 e. The molecule has 46 heavy (non-hydrogen) atoms. The van der Waals surface area contributed by atoms with Crippen molar-refractivity contribution >= 4 is 71.2 Å². The van der Waals surface area contributed by atoms with Gasteiger partial charge in [-0.25, -0.2) is 19.3 Å². The number of aromatic amines is 1. The maximum absolute atomic E-state index is 15.9. The van der Waals surface area contributed by atoms with Crippen molar-refractivity contribution in [3.63, 3.8) is 0 Å². The van der Waals surface area contributed by atoms with Crippen LogP contribution in [-0.2, 0) is 42.1 Å². The Morgan fingerprint density at radius 2 is 2.04 bits per heavy atom. The minimum atomic E-state index is -4.37. The van der Waals surface area contributed by atoms with Gasteiger partial charge in [0.25, 0.3) is 5.56 Å². The topological polar surface area (TPSA) is 264 Å². The number of nitrogen functional groups attached to an aromatic ring is 2. The molecule has 246 valence electrons. The first-order valence-corrected chi connectivity index (χ1v) is 18.4. The van der Waals surface area contributed by atoms with Crippen LogP contribution in [0.25, 0.3) is 22.2 Å². The van der Waals surface area contributed by atoms with E-state index in [9.17, 15) is 24.8 Å². The van der Waals surface area contributed by atoms with Crippen molar-refractivity contribution < 1.29 is 42.9 Å². The van der Waals surface area contributed by atoms with Gasteiger partial charge in [0, 0.05) is 6.20 Å². The molecule has 0 bridgehead atoms. The highest BCUT2D eigenvalue weighted by Crippen LogP contribution is 2.59. The molecule has 2 unspecified atom stereocenters. The molecule has 0 radical (unpaired) electrons. The molecule has 10 atom stereocenters. The number of nitrogens with one attached hydrogen (secondary N) is 1. The van der Waals surface area contributed by atoms with Gasteiger partial charge in [-0.15, -0.1) is 6.42 Å². The summed E-state index contributed by atoms with van der Waals surface area (Å²) in [5.41, 5.74) is 7.23. The van der Waals surface area contributed by atoms with E-state index < -0.39 is 80.6 Å². The number of ether oxygens (including phenoxy) is 2. The molecule has 2 fully saturated rings. The van der Waals surface area contributed by atoms with Crippen molar-refractivity contribution in [1.29, 1.82) is 0 Å². The van der Waals surface area contributed by atoms with Crippen molar-refractivity contribution in [1.82, 2.24) is 34.1 Å². The van der Waals surface area contributed by atoms with Crippen molar-refractivity contribution in [2.75, 3.05) is 24.7 Å². The van der Waals surface area contributed by atoms with Gasteiger partial charge < -0.3 is 54.6 Å². The molecule has 4 aromatic rings. The SMILES string of the molecule is C#C[C@]1(COP(O)(=S)[C@@H]2[C@H](F)[C@@H](CO)O[C@H]2n2cnc3c(=O)[nH]c(N)nc32)O[C@@H](n2ccc3c(N)ncnc32)[C@H](O)[C@@H]1O[PH](O)=S. The third-order valence-corrected chi connectivity index (χ3v) is 11.3. The molecule has 0 aromatic carbocycles. The first-order chi connectivity index (χ1) is 21.8. The van der Waals surface area contributed by atoms with Gasteiger partial charge in [0.15, 0.2) is 42.9 Å². The Morgan fingerprint density at radius 3 is 2.74 bits per heavy atom. The predicted molar refractivity (Wildman–Crippen MR) is 167 cm³/mol. The summed E-state index contributed by atoms with van der Waals surface area (Å²) in [6, 6.07) is 1.58. The summed E-state index contributed by atoms with van der Waals surface area (Å²) in [5, 5.41) is 21.6. The standard InChI is InChI=1S/C23H26FN9O9P2S2/c1-2-23(15(42-43(37)45)13(35)20(41-23)32-4-3-9-16(25)27-7-28-17(9)32)6-39-44(38,46)14-11(24)10(5-34)40-21(14)33-8-29-12-18(33)30-22(26)31-19(12)36/h1,3-4,7-8,10-11,13-15,20-21,34-35,43H,5-6H2,(H,37,45)(H,38,46)(H2,25,27,28)(H3,26,30,31,36)/t10-,11-,13-,14-,15+,20-,21-,23-,44?/m1/s1. The maximum Gasteiger partial charge on any atom is 0.280 e. The summed E-state index contributed by atoms with van der Waals surface area (Å²) in [6.07, 6.45) is 0.286. The quantitative estimate of drug-likeness (QED) is 0.0791. The molecule has 2 aliphatic heterocycles. The van der Waals surface area contributed by atoms with Crippen LogP contribution in [0.3, 0.4) is 0 Å². The predicted octanol–water partition coefficient (Wildman–Crippen LogP) is -1.21. The molecule has 2 saturated heterocycles. The molecule has 0 aliphatic carbocycles. The van der Waals surface area contributed by atoms with Crippen LogP contribution in [0.4, 0.5) is 16.2 Å². The van der Waals surface area contributed by atoms with Gasteiger partial charge in [0.2, 0.25) is 5.95 Å². The Morgan fingerprint density at radius 1 is 1.28 bits per heavy atom. The molecule has 0 saturated carbocycles. The third-order valence-electron chi connectivity index (χ3n) is 7.71. The normalized spacial score (nSPS) is 31.7. The van der Waals surface area contributed by atoms with Gasteiger partial charge in [-0.3, -0.25) is 14.3 Å². The number of anilines is 2. The van der Waals surface area contributed by atoms with E-state index in [1.54, 1.807) is 6.07 Å². The summed E-state index contributed by atoms with van der Waals surface area (Å²) in [5.74, 6) is 2.25. The van der Waals surface area contributed by atoms with Crippen molar-refractivity contribution in [2.45, 2.75) is 48.2 Å². The van der Waals surface area contributed by atoms with Crippen LogP contribution in [0.1, 0.15) is 12.5 Å². The van der Waals surface area contributed by atoms with E-state index in [-0.39, 0.29) is 28.6 Å². The summed E-state index contributed by atoms with van der Waals surface area (Å²) in [4.78, 5) is 52.4. The number of terminal acetylenes is 1. The first-order valence-electron chi connectivity index (χ1n) is 13.2. The number of aromatic nitrogens is 7. The number of rotatable bonds is 9. The lowest BCUT2D eigenvalue weighted by Crippen LogP contribution is -2.46. The zero-order valence-corrected chi connectivity index (χ0v) is 26.7. The van der Waals surface area contributed by atoms with E-state index in [0.717, 1.165) is 10.9 Å². The highest BCUT2D eigenvalue weighted by atomic mass is 32.5. The number of fused-ring (bicyclic) bond motifs is 2. The Hall–Kier alpha value is -2.96. The molecular weight excluding hydrogens is 691 g/mol. The number of halogens is 1. The summed E-state index contributed by atoms with van der Waals surface area (Å²) >= 11 is 10.3. The minimum Gasteiger partial charge on any atom is -0.394 e. The molecule has 6 rings (SSSR count). The molecule has 0 amide bonds. The van der Waals surface area contributed by atoms with Crippen LogP contribution in [0.2, 0.25) is 0 Å². The Kier molecular flexibility index (Phi) is 8.77. The lowest BCUT2D eigenvalue weighted by molar-refractivity contribution is -0.0835. The Labute approximate surface area is 268 Å². The molecule has 0 spiro atoms. The van der Waals surface area contributed by atoms with Crippen molar-refractivity contribution in [2.24, 2.45) is 0 Å². The van der Waals surface area contributed by atoms with Gasteiger partial charge in [-0.1, -0.05) is 5.92 Å². The first kappa shape index (κ1) is 33.0. The molecular formula is C23H26FN9O9P2S2. The third kappa shape index (κ3) is 5.43. The summed E-state index contributed by atoms with van der Waals surface area (Å²) in [6.45, 7) is -5.95. The zero-order chi connectivity index (χ0) is 33.1. The molecule has 4 aromatic heterocycles. The fraction of sp³-hybridized carbons (Fsp3) is 0.435. The number of hydrogen-bond acceptors (Lipinski definition) is 15. The van der Waals surface area contributed by atoms with Gasteiger partial charge in [0.1, 0.15) is 47.9 Å². The van der Waals surface area contributed by atoms with Crippen LogP contribution in [0.5, 0.6) is 0 Å². The average Bonchev–Trinajstić information content (AvgIpc) is 3.76. The number of aliphatic hydroxyl groups is 2. The highest BCUT2D eigenvalue weighted by Gasteiger charge is 2.59. The summed E-state index contributed by atoms with van der Waals surface area (Å²) in [7, 11) is -2.93. The average molecular weight is 718 g/mol. The second kappa shape index (κ2) is 12.2. The fourth-order valence-corrected chi connectivity index (χ4v) is 8.89. The fourth-order valence-electron chi connectivity index (χ4n) is 5.57. The number of nitrogens with zero attached hydrogens (tertiary/aromatic N) is 6. The summed E-state index contributed by atoms with van der Waals surface area (Å²) < 4.78 is 41.5. The van der Waals surface area contributed by atoms with E-state index >= 15 is 4.39 Å². The van der Waals surface area contributed by atoms with E-state index in [4.69, 9.17) is 60.0 Å². The number of H-pyrrole nitrogens is 1. The van der Waals surface area contributed by atoms with Crippen molar-refractivity contribution in [3.8, 4) is 12.3 Å². The Balaban J connectivity index is 1.34. The molecule has 18 nitrogen and oxygen atoms in total. The zero-order valence-electron chi connectivity index (χ0n) is 23.2. The van der Waals surface area contributed by atoms with Crippen LogP contribution >= 0.6 is 13.6 Å². The molecule has 9 N–H and O–H groups in total. The van der Waals surface area contributed by atoms with E-state index in [0.29, 0.717) is 5.39 Å². The monoisotopic (exact) mass is 717 g/mol. The second-order valence-corrected chi connectivity index (χ2v) is 15.7. The van der Waals surface area contributed by atoms with Gasteiger partial charge in [-0.2, -0.15) is 4.98 Å². The maximum atomic E-state index is 15.9. The van der Waals surface area contributed by atoms with Crippen LogP contribution < -0.4 is 17.0 Å². The Bertz CT molecular complexity index is 1990. The number of nitrogens with two attached hydrogens (primary N) is 2. The molecule has 23 heteroatoms. The van der Waals surface area contributed by atoms with Gasteiger partial charge >= 0.3 is 0 Å². The minimum absolute atomic E-state index is 0.109. The number of aliphatic hydroxyl groups excluding tert-OH is 2. The smallest absolute Gasteiger partial charge is 0.280 e. The van der Waals surface area contributed by atoms with E-state index in [1.807, 2.05) is 0 Å². The number of hydrogen-bond donors (Lipinski definition) is 7. The van der Waals surface area contributed by atoms with Gasteiger partial charge in [0.05, 0.1) is 24.9 Å². The van der Waals surface area contributed by atoms with Gasteiger partial charge in [-0.05, 0) is 29.7 Å².